The average Bonchev–Trinajstić information content (AvgIpc) is 2.74. The number of esters is 1. The molecule has 0 aliphatic rings. The third-order valence-electron chi connectivity index (χ3n) is 4.50. The zero-order chi connectivity index (χ0) is 25.1. The van der Waals surface area contributed by atoms with Gasteiger partial charge < -0.3 is 19.3 Å². The summed E-state index contributed by atoms with van der Waals surface area (Å²) in [5, 5.41) is 8.52. The van der Waals surface area contributed by atoms with E-state index in [0.717, 1.165) is 20.9 Å². The summed E-state index contributed by atoms with van der Waals surface area (Å²) in [6.07, 6.45) is -0.604. The molecule has 0 radical (unpaired) electrons. The van der Waals surface area contributed by atoms with Crippen molar-refractivity contribution in [3.05, 3.63) is 47.5 Å². The van der Waals surface area contributed by atoms with E-state index in [9.17, 15) is 9.59 Å². The Labute approximate surface area is 207 Å². The van der Waals surface area contributed by atoms with Gasteiger partial charge in [0.1, 0.15) is 11.5 Å². The van der Waals surface area contributed by atoms with Gasteiger partial charge in [-0.25, -0.2) is 9.59 Å². The van der Waals surface area contributed by atoms with Gasteiger partial charge in [-0.2, -0.15) is 0 Å². The Balaban J connectivity index is 0.000000335. The maximum atomic E-state index is 11.5. The molecule has 2 aromatic carbocycles. The maximum absolute atomic E-state index is 11.5. The Morgan fingerprint density at radius 1 is 0.879 bits per heavy atom. The Kier molecular flexibility index (Phi) is 12.2. The van der Waals surface area contributed by atoms with Crippen molar-refractivity contribution >= 4 is 37.2 Å². The fourth-order valence-electron chi connectivity index (χ4n) is 2.85. The summed E-state index contributed by atoms with van der Waals surface area (Å²) in [5.41, 5.74) is 2.02. The monoisotopic (exact) mass is 494 g/mol. The molecule has 0 spiro atoms. The van der Waals surface area contributed by atoms with Crippen molar-refractivity contribution in [3.8, 4) is 11.5 Å². The molecule has 0 heterocycles. The summed E-state index contributed by atoms with van der Waals surface area (Å²) in [6, 6.07) is 11.1. The van der Waals surface area contributed by atoms with E-state index in [2.05, 4.69) is 39.1 Å². The topological polar surface area (TPSA) is 82.1 Å². The third kappa shape index (κ3) is 10.0. The number of hydrogen-bond donors (Lipinski definition) is 3. The van der Waals surface area contributed by atoms with Gasteiger partial charge >= 0.3 is 11.9 Å². The molecule has 2 aromatic rings. The Morgan fingerprint density at radius 2 is 1.36 bits per heavy atom. The van der Waals surface area contributed by atoms with Crippen LogP contribution in [-0.2, 0) is 14.3 Å². The van der Waals surface area contributed by atoms with Crippen LogP contribution in [0.5, 0.6) is 11.5 Å². The lowest BCUT2D eigenvalue weighted by Gasteiger charge is -2.18. The van der Waals surface area contributed by atoms with E-state index in [4.69, 9.17) is 19.3 Å². The smallest absolute Gasteiger partial charge is 0.347 e. The lowest BCUT2D eigenvalue weighted by molar-refractivity contribution is -0.150. The van der Waals surface area contributed by atoms with Crippen LogP contribution < -0.4 is 9.47 Å². The maximum Gasteiger partial charge on any atom is 0.347 e. The molecular formula is C25H34O6S2. The quantitative estimate of drug-likeness (QED) is 0.293. The first-order chi connectivity index (χ1) is 15.5. The van der Waals surface area contributed by atoms with Crippen LogP contribution in [0.4, 0.5) is 0 Å². The lowest BCUT2D eigenvalue weighted by Crippen LogP contribution is -2.26. The first kappa shape index (κ1) is 28.7. The minimum atomic E-state index is -0.973. The van der Waals surface area contributed by atoms with Crippen molar-refractivity contribution in [3.63, 3.8) is 0 Å². The number of aliphatic carboxylic acids is 1. The highest BCUT2D eigenvalue weighted by Crippen LogP contribution is 2.30. The number of carboxylic acids is 1. The molecule has 1 atom stereocenters. The van der Waals surface area contributed by atoms with Gasteiger partial charge in [-0.3, -0.25) is 0 Å². The van der Waals surface area contributed by atoms with Crippen LogP contribution in [0.2, 0.25) is 0 Å². The predicted octanol–water partition coefficient (Wildman–Crippen LogP) is 5.99. The molecule has 8 heteroatoms. The van der Waals surface area contributed by atoms with Crippen molar-refractivity contribution in [1.29, 1.82) is 0 Å². The van der Waals surface area contributed by atoms with Crippen LogP contribution in [0, 0.1) is 0 Å². The molecular weight excluding hydrogens is 460 g/mol. The molecule has 0 aliphatic heterocycles. The predicted molar refractivity (Wildman–Crippen MR) is 135 cm³/mol. The minimum absolute atomic E-state index is 0.279. The summed E-state index contributed by atoms with van der Waals surface area (Å²) < 4.78 is 15.8. The number of carboxylic acid groups (broad SMARTS) is 1. The second-order valence-corrected chi connectivity index (χ2v) is 8.98. The summed E-state index contributed by atoms with van der Waals surface area (Å²) in [5.74, 6) is 0.595. The van der Waals surface area contributed by atoms with Gasteiger partial charge in [-0.15, -0.1) is 25.3 Å². The zero-order valence-corrected chi connectivity index (χ0v) is 21.8. The van der Waals surface area contributed by atoms with Gasteiger partial charge in [0.15, 0.2) is 12.7 Å². The van der Waals surface area contributed by atoms with Crippen LogP contribution in [-0.4, -0.2) is 36.4 Å². The fraction of sp³-hybridized carbons (Fsp3) is 0.440. The Hall–Kier alpha value is -2.32. The number of benzene rings is 2. The van der Waals surface area contributed by atoms with Gasteiger partial charge in [0.25, 0.3) is 0 Å². The second-order valence-electron chi connectivity index (χ2n) is 7.95. The number of hydrogen-bond acceptors (Lipinski definition) is 7. The highest BCUT2D eigenvalue weighted by Gasteiger charge is 2.18. The van der Waals surface area contributed by atoms with Crippen LogP contribution in [0.25, 0.3) is 0 Å². The first-order valence-electron chi connectivity index (χ1n) is 10.8. The van der Waals surface area contributed by atoms with Crippen LogP contribution in [0.1, 0.15) is 64.5 Å². The molecule has 182 valence electrons. The molecule has 0 aliphatic carbocycles. The van der Waals surface area contributed by atoms with Gasteiger partial charge in [0, 0.05) is 9.79 Å². The molecule has 0 bridgehead atoms. The molecule has 0 amide bonds. The van der Waals surface area contributed by atoms with Gasteiger partial charge in [0.05, 0.1) is 6.61 Å². The largest absolute Gasteiger partial charge is 0.482 e. The van der Waals surface area contributed by atoms with Crippen molar-refractivity contribution in [1.82, 2.24) is 0 Å². The van der Waals surface area contributed by atoms with Gasteiger partial charge in [-0.1, -0.05) is 27.7 Å². The summed E-state index contributed by atoms with van der Waals surface area (Å²) in [4.78, 5) is 23.6. The zero-order valence-electron chi connectivity index (χ0n) is 20.0. The van der Waals surface area contributed by atoms with E-state index in [-0.39, 0.29) is 18.5 Å². The molecule has 2 rings (SSSR count). The van der Waals surface area contributed by atoms with E-state index in [1.165, 1.54) is 0 Å². The lowest BCUT2D eigenvalue weighted by atomic mass is 10.0. The standard InChI is InChI=1S/C14H20O3S.C11H14O3S/c1-5-16-14(15)10(4)17-13-7-6-11(18)8-12(13)9(2)3;1-7(2)9-5-8(15)3-4-10(9)14-6-11(12)13/h6-10,18H,5H2,1-4H3;3-5,7,15H,6H2,1-2H3,(H,12,13). The number of thiol groups is 2. The molecule has 0 aromatic heterocycles. The summed E-state index contributed by atoms with van der Waals surface area (Å²) >= 11 is 8.55. The third-order valence-corrected chi connectivity index (χ3v) is 5.06. The van der Waals surface area contributed by atoms with E-state index < -0.39 is 12.1 Å². The van der Waals surface area contributed by atoms with E-state index >= 15 is 0 Å². The second kappa shape index (κ2) is 14.1. The van der Waals surface area contributed by atoms with E-state index in [1.807, 2.05) is 38.1 Å². The summed E-state index contributed by atoms with van der Waals surface area (Å²) in [6.45, 7) is 11.7. The van der Waals surface area contributed by atoms with Crippen LogP contribution >= 0.6 is 25.3 Å². The number of carbonyl (C=O) groups excluding carboxylic acids is 1. The van der Waals surface area contributed by atoms with Gasteiger partial charge in [-0.05, 0) is 73.2 Å². The number of rotatable bonds is 9. The molecule has 0 saturated carbocycles. The molecule has 1 unspecified atom stereocenters. The molecule has 0 fully saturated rings. The Morgan fingerprint density at radius 3 is 1.82 bits per heavy atom. The van der Waals surface area contributed by atoms with Crippen LogP contribution in [0.3, 0.4) is 0 Å². The molecule has 6 nitrogen and oxygen atoms in total. The van der Waals surface area contributed by atoms with Crippen molar-refractivity contribution < 1.29 is 28.9 Å². The highest BCUT2D eigenvalue weighted by atomic mass is 32.1. The average molecular weight is 495 g/mol. The van der Waals surface area contributed by atoms with Crippen molar-refractivity contribution in [2.45, 2.75) is 69.3 Å². The Bertz CT molecular complexity index is 927. The molecule has 1 N–H and O–H groups in total. The van der Waals surface area contributed by atoms with Gasteiger partial charge in [0.2, 0.25) is 0 Å². The SMILES string of the molecule is CC(C)c1cc(S)ccc1OCC(=O)O.CCOC(=O)C(C)Oc1ccc(S)cc1C(C)C. The van der Waals surface area contributed by atoms with E-state index in [0.29, 0.717) is 24.0 Å². The van der Waals surface area contributed by atoms with Crippen LogP contribution in [0.15, 0.2) is 46.2 Å². The fourth-order valence-corrected chi connectivity index (χ4v) is 3.28. The molecule has 33 heavy (non-hydrogen) atoms. The first-order valence-corrected chi connectivity index (χ1v) is 11.7. The van der Waals surface area contributed by atoms with Crippen molar-refractivity contribution in [2.75, 3.05) is 13.2 Å². The van der Waals surface area contributed by atoms with Crippen molar-refractivity contribution in [2.24, 2.45) is 0 Å². The summed E-state index contributed by atoms with van der Waals surface area (Å²) in [7, 11) is 0. The molecule has 0 saturated heterocycles. The number of carbonyl (C=O) groups is 2. The normalized spacial score (nSPS) is 11.5. The highest BCUT2D eigenvalue weighted by molar-refractivity contribution is 7.80. The van der Waals surface area contributed by atoms with E-state index in [1.54, 1.807) is 26.0 Å². The minimum Gasteiger partial charge on any atom is -0.482 e. The number of ether oxygens (including phenoxy) is 3.